The third-order valence-corrected chi connectivity index (χ3v) is 7.31. The number of aliphatic hydroxyl groups excluding tert-OH is 1. The lowest BCUT2D eigenvalue weighted by atomic mass is 9.68. The van der Waals surface area contributed by atoms with Crippen LogP contribution in [-0.2, 0) is 29.3 Å². The Morgan fingerprint density at radius 3 is 2.14 bits per heavy atom. The van der Waals surface area contributed by atoms with Gasteiger partial charge in [0, 0.05) is 6.42 Å². The van der Waals surface area contributed by atoms with Gasteiger partial charge in [-0.15, -0.1) is 0 Å². The number of fused-ring (bicyclic) bond motifs is 1. The summed E-state index contributed by atoms with van der Waals surface area (Å²) in [5, 5.41) is 14.9. The topological polar surface area (TPSA) is 86.3 Å². The minimum Gasteiger partial charge on any atom is -0.465 e. The molecule has 0 spiro atoms. The molecule has 4 rings (SSSR count). The molecule has 0 aromatic heterocycles. The highest BCUT2D eigenvalue weighted by Gasteiger charge is 2.53. The van der Waals surface area contributed by atoms with Crippen LogP contribution in [-0.4, -0.2) is 60.5 Å². The van der Waals surface area contributed by atoms with E-state index in [0.29, 0.717) is 6.42 Å². The fraction of sp³-hybridized carbons (Fsp3) is 0.567. The highest BCUT2D eigenvalue weighted by molar-refractivity contribution is 5.76. The lowest BCUT2D eigenvalue weighted by Crippen LogP contribution is -2.63. The molecule has 0 radical (unpaired) electrons. The van der Waals surface area contributed by atoms with Gasteiger partial charge in [0.05, 0.1) is 31.5 Å². The molecule has 1 unspecified atom stereocenters. The molecule has 2 N–H and O–H groups in total. The van der Waals surface area contributed by atoms with Crippen LogP contribution in [0.15, 0.2) is 60.7 Å². The van der Waals surface area contributed by atoms with E-state index in [1.54, 1.807) is 6.92 Å². The average Bonchev–Trinajstić information content (AvgIpc) is 3.18. The molecule has 0 amide bonds. The number of benzene rings is 2. The number of piperidine rings is 1. The Kier molecular flexibility index (Phi) is 8.12. The number of rotatable bonds is 8. The maximum Gasteiger partial charge on any atom is 0.323 e. The van der Waals surface area contributed by atoms with Crippen molar-refractivity contribution in [3.8, 4) is 0 Å². The molecule has 2 aliphatic heterocycles. The van der Waals surface area contributed by atoms with Crippen LogP contribution < -0.4 is 5.32 Å². The van der Waals surface area contributed by atoms with Gasteiger partial charge in [0.2, 0.25) is 0 Å². The first-order valence-electron chi connectivity index (χ1n) is 13.2. The van der Waals surface area contributed by atoms with Crippen LogP contribution in [0.5, 0.6) is 0 Å². The first-order chi connectivity index (χ1) is 17.5. The molecule has 2 saturated heterocycles. The summed E-state index contributed by atoms with van der Waals surface area (Å²) in [5.74, 6) is -1.17. The molecule has 0 aliphatic carbocycles. The van der Waals surface area contributed by atoms with Crippen LogP contribution in [0.3, 0.4) is 0 Å². The number of hydrogen-bond acceptors (Lipinski definition) is 7. The Bertz CT molecular complexity index is 996. The van der Waals surface area contributed by atoms with Crippen LogP contribution in [0, 0.1) is 5.41 Å². The van der Waals surface area contributed by atoms with E-state index in [0.717, 1.165) is 11.1 Å². The number of aliphatic hydroxyl groups is 1. The molecular formula is C30H41NO6. The fourth-order valence-electron chi connectivity index (χ4n) is 5.79. The molecule has 2 fully saturated rings. The summed E-state index contributed by atoms with van der Waals surface area (Å²) in [6.07, 6.45) is -1.34. The van der Waals surface area contributed by atoms with Crippen molar-refractivity contribution in [2.24, 2.45) is 5.41 Å². The van der Waals surface area contributed by atoms with E-state index >= 15 is 0 Å². The van der Waals surface area contributed by atoms with Crippen molar-refractivity contribution in [1.29, 1.82) is 0 Å². The molecule has 5 atom stereocenters. The molecule has 2 heterocycles. The number of nitrogens with one attached hydrogen (secondary N) is 1. The maximum absolute atomic E-state index is 12.6. The first kappa shape index (κ1) is 27.7. The molecule has 0 saturated carbocycles. The van der Waals surface area contributed by atoms with Crippen LogP contribution >= 0.6 is 0 Å². The number of hydrogen-bond donors (Lipinski definition) is 2. The van der Waals surface area contributed by atoms with Crippen molar-refractivity contribution in [2.45, 2.75) is 89.7 Å². The normalized spacial score (nSPS) is 26.4. The lowest BCUT2D eigenvalue weighted by Gasteiger charge is -2.47. The van der Waals surface area contributed by atoms with E-state index in [1.165, 1.54) is 0 Å². The van der Waals surface area contributed by atoms with E-state index in [2.05, 4.69) is 50.4 Å². The van der Waals surface area contributed by atoms with Crippen molar-refractivity contribution < 1.29 is 28.8 Å². The van der Waals surface area contributed by atoms with Gasteiger partial charge < -0.3 is 24.1 Å². The monoisotopic (exact) mass is 511 g/mol. The van der Waals surface area contributed by atoms with Crippen molar-refractivity contribution in [2.75, 3.05) is 13.2 Å². The minimum absolute atomic E-state index is 0.0152. The van der Waals surface area contributed by atoms with Gasteiger partial charge in [-0.2, -0.15) is 0 Å². The van der Waals surface area contributed by atoms with E-state index in [-0.39, 0.29) is 30.7 Å². The van der Waals surface area contributed by atoms with Gasteiger partial charge in [0.1, 0.15) is 17.7 Å². The van der Waals surface area contributed by atoms with Gasteiger partial charge in [-0.05, 0) is 37.3 Å². The van der Waals surface area contributed by atoms with Gasteiger partial charge in [-0.3, -0.25) is 10.1 Å². The lowest BCUT2D eigenvalue weighted by molar-refractivity contribution is -0.156. The number of ether oxygens (including phenoxy) is 4. The van der Waals surface area contributed by atoms with Crippen LogP contribution in [0.1, 0.15) is 59.1 Å². The average molecular weight is 512 g/mol. The Labute approximate surface area is 220 Å². The Morgan fingerprint density at radius 1 is 1.05 bits per heavy atom. The van der Waals surface area contributed by atoms with Gasteiger partial charge in [0.25, 0.3) is 0 Å². The van der Waals surface area contributed by atoms with Crippen LogP contribution in [0.25, 0.3) is 0 Å². The Hall–Kier alpha value is -2.29. The standard InChI is InChI=1S/C30H41NO6/c1-7-34-27(33)22-18-24-26(37-29(5,6)36-24)25(31-22)23(32)19-35-30(28(2,3)4,20-14-10-8-11-15-20)21-16-12-9-13-17-21/h8-17,22-26,31-32H,7,18-19H2,1-6H3/t22-,23-,24-,25?,26-/m1/s1. The summed E-state index contributed by atoms with van der Waals surface area (Å²) in [4.78, 5) is 12.6. The maximum atomic E-state index is 12.6. The molecular weight excluding hydrogens is 470 g/mol. The third kappa shape index (κ3) is 5.61. The SMILES string of the molecule is CCOC(=O)[C@H]1C[C@H]2OC(C)(C)O[C@H]2C([C@H](O)COC(c2ccccc2)(c2ccccc2)C(C)(C)C)N1. The molecule has 0 bridgehead atoms. The predicted octanol–water partition coefficient (Wildman–Crippen LogP) is 4.17. The zero-order valence-corrected chi connectivity index (χ0v) is 22.8. The largest absolute Gasteiger partial charge is 0.465 e. The summed E-state index contributed by atoms with van der Waals surface area (Å²) >= 11 is 0. The fourth-order valence-corrected chi connectivity index (χ4v) is 5.79. The number of esters is 1. The highest BCUT2D eigenvalue weighted by Crippen LogP contribution is 2.48. The van der Waals surface area contributed by atoms with Crippen molar-refractivity contribution >= 4 is 5.97 Å². The second-order valence-electron chi connectivity index (χ2n) is 11.4. The quantitative estimate of drug-likeness (QED) is 0.515. The first-order valence-corrected chi connectivity index (χ1v) is 13.2. The second-order valence-corrected chi connectivity index (χ2v) is 11.4. The van der Waals surface area contributed by atoms with Gasteiger partial charge in [-0.25, -0.2) is 0 Å². The van der Waals surface area contributed by atoms with Crippen LogP contribution in [0.2, 0.25) is 0 Å². The summed E-state index contributed by atoms with van der Waals surface area (Å²) in [6, 6.07) is 19.0. The van der Waals surface area contributed by atoms with Crippen molar-refractivity contribution in [1.82, 2.24) is 5.32 Å². The third-order valence-electron chi connectivity index (χ3n) is 7.31. The van der Waals surface area contributed by atoms with Gasteiger partial charge in [0.15, 0.2) is 5.79 Å². The van der Waals surface area contributed by atoms with Crippen molar-refractivity contribution in [3.63, 3.8) is 0 Å². The number of carbonyl (C=O) groups excluding carboxylic acids is 1. The molecule has 2 aliphatic rings. The molecule has 2 aromatic carbocycles. The Morgan fingerprint density at radius 2 is 1.62 bits per heavy atom. The summed E-state index contributed by atoms with van der Waals surface area (Å²) < 4.78 is 24.4. The summed E-state index contributed by atoms with van der Waals surface area (Å²) in [7, 11) is 0. The second kappa shape index (κ2) is 10.8. The summed E-state index contributed by atoms with van der Waals surface area (Å²) in [5.41, 5.74) is 0.806. The molecule has 202 valence electrons. The summed E-state index contributed by atoms with van der Waals surface area (Å²) in [6.45, 7) is 12.2. The predicted molar refractivity (Wildman–Crippen MR) is 141 cm³/mol. The zero-order valence-electron chi connectivity index (χ0n) is 22.8. The Balaban J connectivity index is 1.65. The number of carbonyl (C=O) groups is 1. The van der Waals surface area contributed by atoms with E-state index in [1.807, 2.05) is 50.2 Å². The molecule has 37 heavy (non-hydrogen) atoms. The smallest absolute Gasteiger partial charge is 0.323 e. The van der Waals surface area contributed by atoms with Crippen molar-refractivity contribution in [3.05, 3.63) is 71.8 Å². The van der Waals surface area contributed by atoms with Gasteiger partial charge >= 0.3 is 5.97 Å². The van der Waals surface area contributed by atoms with E-state index < -0.39 is 35.7 Å². The highest BCUT2D eigenvalue weighted by atomic mass is 16.8. The molecule has 7 nitrogen and oxygen atoms in total. The van der Waals surface area contributed by atoms with E-state index in [4.69, 9.17) is 18.9 Å². The molecule has 7 heteroatoms. The van der Waals surface area contributed by atoms with E-state index in [9.17, 15) is 9.90 Å². The van der Waals surface area contributed by atoms with Gasteiger partial charge in [-0.1, -0.05) is 81.4 Å². The molecule has 2 aromatic rings. The van der Waals surface area contributed by atoms with Crippen LogP contribution in [0.4, 0.5) is 0 Å². The zero-order chi connectivity index (χ0) is 26.8. The minimum atomic E-state index is -0.976.